The third-order valence-corrected chi connectivity index (χ3v) is 5.84. The minimum Gasteiger partial charge on any atom is -0.495 e. The molecule has 0 atom stereocenters. The SMILES string of the molecule is COc1ccccc1Nc1nc2ccccc2nc1NS(=O)(=O)c1cccc([N+](=O)[O-])c1. The van der Waals surface area contributed by atoms with E-state index in [1.165, 1.54) is 25.3 Å². The summed E-state index contributed by atoms with van der Waals surface area (Å²) in [6.07, 6.45) is 0. The normalized spacial score (nSPS) is 11.2. The monoisotopic (exact) mass is 451 g/mol. The summed E-state index contributed by atoms with van der Waals surface area (Å²) in [4.78, 5) is 19.0. The third-order valence-electron chi connectivity index (χ3n) is 4.50. The molecule has 0 fully saturated rings. The summed E-state index contributed by atoms with van der Waals surface area (Å²) in [7, 11) is -2.68. The number of benzene rings is 3. The Labute approximate surface area is 183 Å². The van der Waals surface area contributed by atoms with Crippen molar-refractivity contribution in [3.8, 4) is 5.75 Å². The third kappa shape index (κ3) is 4.27. The predicted octanol–water partition coefficient (Wildman–Crippen LogP) is 4.09. The number of nitrogens with one attached hydrogen (secondary N) is 2. The maximum atomic E-state index is 13.0. The Morgan fingerprint density at radius 2 is 1.56 bits per heavy atom. The molecule has 0 saturated heterocycles. The molecule has 0 bridgehead atoms. The van der Waals surface area contributed by atoms with Gasteiger partial charge in [-0.2, -0.15) is 0 Å². The van der Waals surface area contributed by atoms with E-state index in [-0.39, 0.29) is 22.2 Å². The first-order valence-electron chi connectivity index (χ1n) is 9.31. The number of ether oxygens (including phenoxy) is 1. The van der Waals surface area contributed by atoms with Crippen LogP contribution in [0.25, 0.3) is 11.0 Å². The van der Waals surface area contributed by atoms with Gasteiger partial charge in [-0.25, -0.2) is 18.4 Å². The smallest absolute Gasteiger partial charge is 0.270 e. The molecule has 10 nitrogen and oxygen atoms in total. The summed E-state index contributed by atoms with van der Waals surface area (Å²) in [5, 5.41) is 14.1. The number of methoxy groups -OCH3 is 1. The predicted molar refractivity (Wildman–Crippen MR) is 120 cm³/mol. The number of aromatic nitrogens is 2. The fourth-order valence-corrected chi connectivity index (χ4v) is 4.03. The first-order chi connectivity index (χ1) is 15.4. The molecule has 11 heteroatoms. The van der Waals surface area contributed by atoms with Gasteiger partial charge in [0, 0.05) is 12.1 Å². The zero-order valence-electron chi connectivity index (χ0n) is 16.7. The molecule has 2 N–H and O–H groups in total. The van der Waals surface area contributed by atoms with Crippen molar-refractivity contribution in [1.82, 2.24) is 9.97 Å². The Hall–Kier alpha value is -4.25. The highest BCUT2D eigenvalue weighted by Gasteiger charge is 2.21. The number of nitro benzene ring substituents is 1. The van der Waals surface area contributed by atoms with E-state index in [1.54, 1.807) is 48.5 Å². The molecule has 1 heterocycles. The highest BCUT2D eigenvalue weighted by Crippen LogP contribution is 2.31. The number of fused-ring (bicyclic) bond motifs is 1. The van der Waals surface area contributed by atoms with Crippen LogP contribution in [0.2, 0.25) is 0 Å². The van der Waals surface area contributed by atoms with E-state index in [9.17, 15) is 18.5 Å². The largest absolute Gasteiger partial charge is 0.495 e. The van der Waals surface area contributed by atoms with Gasteiger partial charge in [0.1, 0.15) is 5.75 Å². The molecule has 0 aliphatic rings. The lowest BCUT2D eigenvalue weighted by Crippen LogP contribution is -2.16. The molecule has 32 heavy (non-hydrogen) atoms. The Balaban J connectivity index is 1.79. The maximum Gasteiger partial charge on any atom is 0.270 e. The van der Waals surface area contributed by atoms with Crippen LogP contribution in [0.5, 0.6) is 5.75 Å². The molecule has 0 amide bonds. The van der Waals surface area contributed by atoms with Gasteiger partial charge < -0.3 is 10.1 Å². The highest BCUT2D eigenvalue weighted by molar-refractivity contribution is 7.92. The van der Waals surface area contributed by atoms with Crippen molar-refractivity contribution in [1.29, 1.82) is 0 Å². The Morgan fingerprint density at radius 1 is 0.906 bits per heavy atom. The van der Waals surface area contributed by atoms with Crippen LogP contribution in [-0.2, 0) is 10.0 Å². The van der Waals surface area contributed by atoms with Gasteiger partial charge in [-0.05, 0) is 30.3 Å². The summed E-state index contributed by atoms with van der Waals surface area (Å²) >= 11 is 0. The van der Waals surface area contributed by atoms with Gasteiger partial charge in [0.25, 0.3) is 15.7 Å². The lowest BCUT2D eigenvalue weighted by atomic mass is 10.3. The molecule has 3 aromatic carbocycles. The van der Waals surface area contributed by atoms with Gasteiger partial charge >= 0.3 is 0 Å². The lowest BCUT2D eigenvalue weighted by molar-refractivity contribution is -0.385. The van der Waals surface area contributed by atoms with Crippen LogP contribution in [0.3, 0.4) is 0 Å². The first kappa shape index (κ1) is 21.0. The minimum atomic E-state index is -4.20. The van der Waals surface area contributed by atoms with Crippen molar-refractivity contribution in [2.45, 2.75) is 4.90 Å². The van der Waals surface area contributed by atoms with Gasteiger partial charge in [0.2, 0.25) is 0 Å². The van der Waals surface area contributed by atoms with Gasteiger partial charge in [0.05, 0.1) is 33.6 Å². The van der Waals surface area contributed by atoms with Crippen LogP contribution >= 0.6 is 0 Å². The second-order valence-corrected chi connectivity index (χ2v) is 8.28. The average Bonchev–Trinajstić information content (AvgIpc) is 2.79. The summed E-state index contributed by atoms with van der Waals surface area (Å²) < 4.78 is 33.7. The van der Waals surface area contributed by atoms with Gasteiger partial charge in [-0.1, -0.05) is 30.3 Å². The number of non-ortho nitro benzene ring substituents is 1. The molecule has 4 aromatic rings. The second-order valence-electron chi connectivity index (χ2n) is 6.59. The fraction of sp³-hybridized carbons (Fsp3) is 0.0476. The van der Waals surface area contributed by atoms with Crippen molar-refractivity contribution in [3.63, 3.8) is 0 Å². The van der Waals surface area contributed by atoms with Gasteiger partial charge in [0.15, 0.2) is 11.6 Å². The molecule has 0 unspecified atom stereocenters. The van der Waals surface area contributed by atoms with Crippen molar-refractivity contribution < 1.29 is 18.1 Å². The van der Waals surface area contributed by atoms with Gasteiger partial charge in [-0.15, -0.1) is 0 Å². The first-order valence-corrected chi connectivity index (χ1v) is 10.8. The minimum absolute atomic E-state index is 0.0684. The van der Waals surface area contributed by atoms with E-state index in [1.807, 2.05) is 0 Å². The zero-order chi connectivity index (χ0) is 22.7. The van der Waals surface area contributed by atoms with E-state index >= 15 is 0 Å². The number of hydrogen-bond acceptors (Lipinski definition) is 8. The number of sulfonamides is 1. The standard InChI is InChI=1S/C21H17N5O5S/c1-31-19-12-5-4-11-18(19)24-20-21(23-17-10-3-2-9-16(17)22-20)25-32(29,30)15-8-6-7-14(13-15)26(27)28/h2-13H,1H3,(H,22,24)(H,23,25). The van der Waals surface area contributed by atoms with Crippen molar-refractivity contribution in [2.24, 2.45) is 0 Å². The van der Waals surface area contributed by atoms with E-state index in [2.05, 4.69) is 20.0 Å². The maximum absolute atomic E-state index is 13.0. The Bertz CT molecular complexity index is 1430. The molecule has 0 saturated carbocycles. The molecule has 0 aliphatic carbocycles. The highest BCUT2D eigenvalue weighted by atomic mass is 32.2. The van der Waals surface area contributed by atoms with E-state index in [0.717, 1.165) is 6.07 Å². The number of para-hydroxylation sites is 4. The van der Waals surface area contributed by atoms with Crippen LogP contribution in [0.15, 0.2) is 77.7 Å². The van der Waals surface area contributed by atoms with Crippen molar-refractivity contribution >= 4 is 44.1 Å². The summed E-state index contributed by atoms with van der Waals surface area (Å²) in [5.41, 5.74) is 1.22. The molecule has 4 rings (SSSR count). The number of anilines is 3. The summed E-state index contributed by atoms with van der Waals surface area (Å²) in [6.45, 7) is 0. The Morgan fingerprint density at radius 3 is 2.25 bits per heavy atom. The van der Waals surface area contributed by atoms with Crippen LogP contribution in [0.1, 0.15) is 0 Å². The lowest BCUT2D eigenvalue weighted by Gasteiger charge is -2.15. The summed E-state index contributed by atoms with van der Waals surface area (Å²) in [6, 6.07) is 18.8. The van der Waals surface area contributed by atoms with Crippen molar-refractivity contribution in [2.75, 3.05) is 17.1 Å². The van der Waals surface area contributed by atoms with E-state index in [4.69, 9.17) is 4.74 Å². The fourth-order valence-electron chi connectivity index (χ4n) is 2.98. The van der Waals surface area contributed by atoms with Crippen molar-refractivity contribution in [3.05, 3.63) is 82.9 Å². The quantitative estimate of drug-likeness (QED) is 0.317. The number of rotatable bonds is 7. The molecular weight excluding hydrogens is 434 g/mol. The number of hydrogen-bond donors (Lipinski definition) is 2. The average molecular weight is 451 g/mol. The number of nitro groups is 1. The molecular formula is C21H17N5O5S. The topological polar surface area (TPSA) is 136 Å². The number of nitrogens with zero attached hydrogens (tertiary/aromatic N) is 3. The molecule has 0 radical (unpaired) electrons. The van der Waals surface area contributed by atoms with Crippen LogP contribution in [0, 0.1) is 10.1 Å². The molecule has 0 spiro atoms. The Kier molecular flexibility index (Phi) is 5.56. The molecule has 1 aromatic heterocycles. The van der Waals surface area contributed by atoms with Crippen LogP contribution in [0.4, 0.5) is 23.0 Å². The van der Waals surface area contributed by atoms with Gasteiger partial charge in [-0.3, -0.25) is 14.8 Å². The molecule has 0 aliphatic heterocycles. The summed E-state index contributed by atoms with van der Waals surface area (Å²) in [5.74, 6) is 0.596. The van der Waals surface area contributed by atoms with Crippen LogP contribution < -0.4 is 14.8 Å². The van der Waals surface area contributed by atoms with E-state index in [0.29, 0.717) is 22.5 Å². The van der Waals surface area contributed by atoms with E-state index < -0.39 is 14.9 Å². The zero-order valence-corrected chi connectivity index (χ0v) is 17.5. The van der Waals surface area contributed by atoms with Crippen LogP contribution in [-0.4, -0.2) is 30.4 Å². The second kappa shape index (κ2) is 8.47. The molecule has 162 valence electrons.